The molecule has 5 nitrogen and oxygen atoms in total. The topological polar surface area (TPSA) is 84.2 Å². The number of hydrogen-bond donors (Lipinski definition) is 3. The summed E-state index contributed by atoms with van der Waals surface area (Å²) in [7, 11) is 0. The first kappa shape index (κ1) is 20.9. The summed E-state index contributed by atoms with van der Waals surface area (Å²) in [5.74, 6) is -0.542. The second-order valence-corrected chi connectivity index (χ2v) is 5.54. The minimum absolute atomic E-state index is 0.0295. The highest BCUT2D eigenvalue weighted by Crippen LogP contribution is 2.10. The van der Waals surface area contributed by atoms with Gasteiger partial charge in [-0.1, -0.05) is 32.9 Å². The second-order valence-electron chi connectivity index (χ2n) is 5.54. The van der Waals surface area contributed by atoms with E-state index in [9.17, 15) is 9.59 Å². The van der Waals surface area contributed by atoms with E-state index < -0.39 is 12.1 Å². The lowest BCUT2D eigenvalue weighted by Crippen LogP contribution is -2.50. The first-order valence-corrected chi connectivity index (χ1v) is 7.81. The molecule has 0 fully saturated rings. The van der Waals surface area contributed by atoms with Crippen molar-refractivity contribution in [3.05, 3.63) is 43.0 Å². The highest BCUT2D eigenvalue weighted by molar-refractivity contribution is 5.97. The Labute approximate surface area is 139 Å². The van der Waals surface area contributed by atoms with E-state index in [2.05, 4.69) is 30.7 Å². The number of rotatable bonds is 6. The molecule has 0 saturated carbocycles. The van der Waals surface area contributed by atoms with Crippen LogP contribution in [0, 0.1) is 5.92 Å². The maximum atomic E-state index is 12.0. The Morgan fingerprint density at radius 3 is 2.04 bits per heavy atom. The minimum atomic E-state index is -0.631. The van der Waals surface area contributed by atoms with Crippen LogP contribution in [0.5, 0.6) is 0 Å². The van der Waals surface area contributed by atoms with Crippen LogP contribution in [0.4, 0.5) is 5.69 Å². The van der Waals surface area contributed by atoms with Gasteiger partial charge in [-0.15, -0.1) is 13.2 Å². The number of aryl methyl sites for hydroxylation is 1. The Bertz CT molecular complexity index is 497. The highest BCUT2D eigenvalue weighted by atomic mass is 16.2. The van der Waals surface area contributed by atoms with Gasteiger partial charge in [-0.2, -0.15) is 0 Å². The van der Waals surface area contributed by atoms with E-state index >= 15 is 0 Å². The number of hydrogen-bond acceptors (Lipinski definition) is 3. The zero-order chi connectivity index (χ0) is 18.0. The van der Waals surface area contributed by atoms with Crippen LogP contribution in [-0.2, 0) is 16.0 Å². The van der Waals surface area contributed by atoms with Gasteiger partial charge in [0, 0.05) is 5.69 Å². The lowest BCUT2D eigenvalue weighted by atomic mass is 10.0. The number of anilines is 1. The molecule has 0 spiro atoms. The number of amides is 2. The summed E-state index contributed by atoms with van der Waals surface area (Å²) in [5.41, 5.74) is 7.67. The number of carbonyl (C=O) groups excluding carboxylic acids is 2. The van der Waals surface area contributed by atoms with Gasteiger partial charge in [0.1, 0.15) is 6.04 Å². The summed E-state index contributed by atoms with van der Waals surface area (Å²) in [6, 6.07) is 6.40. The normalized spacial score (nSPS) is 12.6. The Morgan fingerprint density at radius 2 is 1.61 bits per heavy atom. The fourth-order valence-electron chi connectivity index (χ4n) is 1.75. The molecule has 0 heterocycles. The maximum absolute atomic E-state index is 12.0. The van der Waals surface area contributed by atoms with Gasteiger partial charge in [0.2, 0.25) is 11.8 Å². The molecule has 2 amide bonds. The molecule has 0 radical (unpaired) electrons. The average Bonchev–Trinajstić information content (AvgIpc) is 2.56. The molecular formula is C18H29N3O2. The fourth-order valence-corrected chi connectivity index (χ4v) is 1.75. The van der Waals surface area contributed by atoms with Crippen molar-refractivity contribution < 1.29 is 9.59 Å². The van der Waals surface area contributed by atoms with Crippen LogP contribution in [-0.4, -0.2) is 23.9 Å². The first-order valence-electron chi connectivity index (χ1n) is 7.81. The minimum Gasteiger partial charge on any atom is -0.343 e. The summed E-state index contributed by atoms with van der Waals surface area (Å²) in [6.45, 7) is 13.4. The zero-order valence-electron chi connectivity index (χ0n) is 14.6. The van der Waals surface area contributed by atoms with Crippen LogP contribution in [0.2, 0.25) is 0 Å². The van der Waals surface area contributed by atoms with E-state index in [1.54, 1.807) is 6.92 Å². The molecule has 128 valence electrons. The van der Waals surface area contributed by atoms with Crippen LogP contribution in [0.15, 0.2) is 37.4 Å². The molecule has 23 heavy (non-hydrogen) atoms. The molecule has 0 saturated heterocycles. The molecule has 5 heteroatoms. The molecule has 1 unspecified atom stereocenters. The smallest absolute Gasteiger partial charge is 0.246 e. The fraction of sp³-hybridized carbons (Fsp3) is 0.444. The van der Waals surface area contributed by atoms with Crippen LogP contribution in [0.3, 0.4) is 0 Å². The summed E-state index contributed by atoms with van der Waals surface area (Å²) in [5, 5.41) is 5.40. The third-order valence-corrected chi connectivity index (χ3v) is 3.40. The van der Waals surface area contributed by atoms with Crippen molar-refractivity contribution in [1.82, 2.24) is 5.32 Å². The van der Waals surface area contributed by atoms with Gasteiger partial charge < -0.3 is 16.4 Å². The maximum Gasteiger partial charge on any atom is 0.246 e. The van der Waals surface area contributed by atoms with Gasteiger partial charge >= 0.3 is 0 Å². The second kappa shape index (κ2) is 10.6. The van der Waals surface area contributed by atoms with E-state index in [-0.39, 0.29) is 17.7 Å². The van der Waals surface area contributed by atoms with E-state index in [1.165, 1.54) is 5.56 Å². The lowest BCUT2D eigenvalue weighted by molar-refractivity contribution is -0.127. The molecule has 0 aromatic heterocycles. The summed E-state index contributed by atoms with van der Waals surface area (Å²) < 4.78 is 0. The van der Waals surface area contributed by atoms with Crippen molar-refractivity contribution in [1.29, 1.82) is 0 Å². The monoisotopic (exact) mass is 319 g/mol. The molecule has 1 aromatic carbocycles. The third-order valence-electron chi connectivity index (χ3n) is 3.40. The van der Waals surface area contributed by atoms with Crippen molar-refractivity contribution in [2.45, 2.75) is 46.2 Å². The van der Waals surface area contributed by atoms with Crippen LogP contribution < -0.4 is 16.4 Å². The van der Waals surface area contributed by atoms with E-state index in [0.717, 1.165) is 6.42 Å². The Kier molecular flexibility index (Phi) is 9.58. The number of benzene rings is 1. The van der Waals surface area contributed by atoms with Crippen molar-refractivity contribution >= 4 is 17.5 Å². The molecule has 4 N–H and O–H groups in total. The van der Waals surface area contributed by atoms with Gasteiger partial charge in [0.25, 0.3) is 0 Å². The molecule has 1 aromatic rings. The van der Waals surface area contributed by atoms with E-state index in [1.807, 2.05) is 38.1 Å². The molecular weight excluding hydrogens is 290 g/mol. The number of nitrogens with two attached hydrogens (primary N) is 1. The summed E-state index contributed by atoms with van der Waals surface area (Å²) in [4.78, 5) is 23.8. The lowest BCUT2D eigenvalue weighted by Gasteiger charge is -2.19. The summed E-state index contributed by atoms with van der Waals surface area (Å²) in [6.07, 6.45) is 0.952. The van der Waals surface area contributed by atoms with Gasteiger partial charge in [0.05, 0.1) is 6.04 Å². The Hall–Kier alpha value is -2.14. The van der Waals surface area contributed by atoms with Gasteiger partial charge in [-0.05, 0) is 37.0 Å². The largest absolute Gasteiger partial charge is 0.343 e. The molecule has 2 atom stereocenters. The molecule has 0 bridgehead atoms. The number of carbonyl (C=O) groups is 2. The Morgan fingerprint density at radius 1 is 1.09 bits per heavy atom. The van der Waals surface area contributed by atoms with Gasteiger partial charge in [0.15, 0.2) is 0 Å². The van der Waals surface area contributed by atoms with E-state index in [4.69, 9.17) is 5.73 Å². The van der Waals surface area contributed by atoms with Crippen molar-refractivity contribution in [2.75, 3.05) is 5.32 Å². The van der Waals surface area contributed by atoms with E-state index in [0.29, 0.717) is 5.69 Å². The Balaban J connectivity index is 0.00000232. The molecule has 1 rings (SSSR count). The zero-order valence-corrected chi connectivity index (χ0v) is 14.6. The number of nitrogens with one attached hydrogen (secondary N) is 2. The quantitative estimate of drug-likeness (QED) is 0.704. The van der Waals surface area contributed by atoms with Gasteiger partial charge in [-0.25, -0.2) is 0 Å². The highest BCUT2D eigenvalue weighted by Gasteiger charge is 2.22. The van der Waals surface area contributed by atoms with Crippen molar-refractivity contribution in [2.24, 2.45) is 11.7 Å². The standard InChI is InChI=1S/C16H25N3O2.C2H4/c1-5-12-6-8-13(9-7-12)19-15(20)11(4)18-16(21)14(17)10(2)3;1-2/h6-11,14H,5,17H2,1-4H3,(H,18,21)(H,19,20);1-2H2/t11-,14?;/m0./s1. The molecule has 0 aliphatic heterocycles. The average molecular weight is 319 g/mol. The molecule has 0 aliphatic rings. The summed E-state index contributed by atoms with van der Waals surface area (Å²) >= 11 is 0. The third kappa shape index (κ3) is 7.10. The van der Waals surface area contributed by atoms with Crippen LogP contribution in [0.25, 0.3) is 0 Å². The predicted molar refractivity (Wildman–Crippen MR) is 96.1 cm³/mol. The van der Waals surface area contributed by atoms with Crippen LogP contribution >= 0.6 is 0 Å². The van der Waals surface area contributed by atoms with Crippen molar-refractivity contribution in [3.8, 4) is 0 Å². The van der Waals surface area contributed by atoms with Crippen LogP contribution in [0.1, 0.15) is 33.3 Å². The first-order chi connectivity index (χ1) is 10.8. The van der Waals surface area contributed by atoms with Crippen molar-refractivity contribution in [3.63, 3.8) is 0 Å². The predicted octanol–water partition coefficient (Wildman–Crippen LogP) is 2.48. The molecule has 0 aliphatic carbocycles. The van der Waals surface area contributed by atoms with Gasteiger partial charge in [-0.3, -0.25) is 9.59 Å². The SMILES string of the molecule is C=C.CCc1ccc(NC(=O)[C@H](C)NC(=O)C(N)C(C)C)cc1.